The standard InChI is InChI=1S/C22H30ClN5O/c1-2-24-22(25-11-4-6-13-27-12-5-3-10-21(27)29)28-16-14-26(15-17-28)20-9-7-8-19(23)18-20/h3,5,7-10,12,18H,2,4,6,11,13-17H2,1H3,(H,24,25). The molecule has 6 nitrogen and oxygen atoms in total. The van der Waals surface area contributed by atoms with Crippen molar-refractivity contribution in [2.45, 2.75) is 26.3 Å². The van der Waals surface area contributed by atoms with Crippen molar-refractivity contribution in [3.05, 3.63) is 64.0 Å². The predicted octanol–water partition coefficient (Wildman–Crippen LogP) is 3.07. The molecule has 7 heteroatoms. The van der Waals surface area contributed by atoms with Crippen LogP contribution in [0.15, 0.2) is 58.4 Å². The van der Waals surface area contributed by atoms with Gasteiger partial charge < -0.3 is 19.7 Å². The number of unbranched alkanes of at least 4 members (excludes halogenated alkanes) is 1. The SMILES string of the molecule is CCNC(=NCCCCn1ccccc1=O)N1CCN(c2cccc(Cl)c2)CC1. The highest BCUT2D eigenvalue weighted by Gasteiger charge is 2.19. The number of halogens is 1. The van der Waals surface area contributed by atoms with Gasteiger partial charge in [0, 0.05) is 68.8 Å². The lowest BCUT2D eigenvalue weighted by molar-refractivity contribution is 0.372. The molecule has 0 bridgehead atoms. The highest BCUT2D eigenvalue weighted by atomic mass is 35.5. The third kappa shape index (κ3) is 6.26. The molecule has 0 saturated carbocycles. The number of aryl methyl sites for hydroxylation is 1. The highest BCUT2D eigenvalue weighted by molar-refractivity contribution is 6.30. The van der Waals surface area contributed by atoms with Crippen molar-refractivity contribution in [2.24, 2.45) is 4.99 Å². The van der Waals surface area contributed by atoms with Crippen molar-refractivity contribution in [1.29, 1.82) is 0 Å². The van der Waals surface area contributed by atoms with Crippen LogP contribution in [0.2, 0.25) is 5.02 Å². The van der Waals surface area contributed by atoms with Gasteiger partial charge in [0.15, 0.2) is 5.96 Å². The normalized spacial score (nSPS) is 14.9. The molecule has 156 valence electrons. The maximum atomic E-state index is 11.7. The minimum absolute atomic E-state index is 0.0573. The molecule has 2 heterocycles. The number of anilines is 1. The monoisotopic (exact) mass is 415 g/mol. The number of nitrogens with zero attached hydrogens (tertiary/aromatic N) is 4. The van der Waals surface area contributed by atoms with Gasteiger partial charge in [-0.1, -0.05) is 23.7 Å². The van der Waals surface area contributed by atoms with Gasteiger partial charge in [-0.3, -0.25) is 9.79 Å². The van der Waals surface area contributed by atoms with Gasteiger partial charge in [0.25, 0.3) is 0 Å². The minimum Gasteiger partial charge on any atom is -0.368 e. The van der Waals surface area contributed by atoms with Crippen LogP contribution in [-0.2, 0) is 6.54 Å². The quantitative estimate of drug-likeness (QED) is 0.429. The fraction of sp³-hybridized carbons (Fsp3) is 0.455. The summed E-state index contributed by atoms with van der Waals surface area (Å²) in [6, 6.07) is 13.3. The van der Waals surface area contributed by atoms with Crippen LogP contribution in [0.1, 0.15) is 19.8 Å². The van der Waals surface area contributed by atoms with E-state index in [1.54, 1.807) is 16.7 Å². The molecule has 0 amide bonds. The molecule has 1 aromatic heterocycles. The lowest BCUT2D eigenvalue weighted by Gasteiger charge is -2.37. The Morgan fingerprint density at radius 1 is 1.10 bits per heavy atom. The van der Waals surface area contributed by atoms with Crippen LogP contribution < -0.4 is 15.8 Å². The molecule has 1 aromatic carbocycles. The average Bonchev–Trinajstić information content (AvgIpc) is 2.74. The van der Waals surface area contributed by atoms with Crippen molar-refractivity contribution in [2.75, 3.05) is 44.2 Å². The molecule has 1 fully saturated rings. The van der Waals surface area contributed by atoms with Crippen LogP contribution in [-0.4, -0.2) is 54.7 Å². The molecule has 0 spiro atoms. The Kier molecular flexibility index (Phi) is 7.99. The Morgan fingerprint density at radius 3 is 2.66 bits per heavy atom. The number of hydrogen-bond acceptors (Lipinski definition) is 3. The molecule has 1 aliphatic rings. The van der Waals surface area contributed by atoms with E-state index in [9.17, 15) is 4.79 Å². The molecule has 1 saturated heterocycles. The van der Waals surface area contributed by atoms with E-state index < -0.39 is 0 Å². The van der Waals surface area contributed by atoms with Crippen LogP contribution in [0, 0.1) is 0 Å². The van der Waals surface area contributed by atoms with E-state index in [1.165, 1.54) is 5.69 Å². The van der Waals surface area contributed by atoms with Crippen LogP contribution in [0.25, 0.3) is 0 Å². The molecule has 0 unspecified atom stereocenters. The number of rotatable bonds is 7. The maximum absolute atomic E-state index is 11.7. The number of pyridine rings is 1. The minimum atomic E-state index is 0.0573. The second-order valence-electron chi connectivity index (χ2n) is 7.13. The van der Waals surface area contributed by atoms with Gasteiger partial charge in [0.1, 0.15) is 0 Å². The molecule has 29 heavy (non-hydrogen) atoms. The van der Waals surface area contributed by atoms with E-state index in [0.717, 1.165) is 69.6 Å². The first-order chi connectivity index (χ1) is 14.2. The van der Waals surface area contributed by atoms with Gasteiger partial charge in [-0.05, 0) is 44.0 Å². The number of hydrogen-bond donors (Lipinski definition) is 1. The summed E-state index contributed by atoms with van der Waals surface area (Å²) < 4.78 is 1.75. The summed E-state index contributed by atoms with van der Waals surface area (Å²) in [6.07, 6.45) is 3.74. The third-order valence-corrected chi connectivity index (χ3v) is 5.29. The Labute approximate surface area is 177 Å². The third-order valence-electron chi connectivity index (χ3n) is 5.06. The first kappa shape index (κ1) is 21.2. The van der Waals surface area contributed by atoms with Gasteiger partial charge in [0.2, 0.25) is 5.56 Å². The van der Waals surface area contributed by atoms with Crippen LogP contribution in [0.4, 0.5) is 5.69 Å². The van der Waals surface area contributed by atoms with Gasteiger partial charge >= 0.3 is 0 Å². The first-order valence-corrected chi connectivity index (χ1v) is 10.7. The summed E-state index contributed by atoms with van der Waals surface area (Å²) in [5, 5.41) is 4.19. The van der Waals surface area contributed by atoms with Crippen molar-refractivity contribution in [3.63, 3.8) is 0 Å². The topological polar surface area (TPSA) is 52.9 Å². The van der Waals surface area contributed by atoms with Crippen molar-refractivity contribution in [1.82, 2.24) is 14.8 Å². The lowest BCUT2D eigenvalue weighted by atomic mass is 10.2. The van der Waals surface area contributed by atoms with Crippen LogP contribution in [0.5, 0.6) is 0 Å². The largest absolute Gasteiger partial charge is 0.368 e. The number of aromatic nitrogens is 1. The van der Waals surface area contributed by atoms with E-state index in [2.05, 4.69) is 28.1 Å². The second kappa shape index (κ2) is 10.9. The summed E-state index contributed by atoms with van der Waals surface area (Å²) in [7, 11) is 0. The average molecular weight is 416 g/mol. The highest BCUT2D eigenvalue weighted by Crippen LogP contribution is 2.20. The summed E-state index contributed by atoms with van der Waals surface area (Å²) in [4.78, 5) is 21.2. The lowest BCUT2D eigenvalue weighted by Crippen LogP contribution is -2.52. The molecular formula is C22H30ClN5O. The zero-order valence-corrected chi connectivity index (χ0v) is 17.8. The first-order valence-electron chi connectivity index (χ1n) is 10.4. The Balaban J connectivity index is 1.48. The van der Waals surface area contributed by atoms with Crippen LogP contribution >= 0.6 is 11.6 Å². The van der Waals surface area contributed by atoms with E-state index in [1.807, 2.05) is 30.5 Å². The molecule has 1 aliphatic heterocycles. The smallest absolute Gasteiger partial charge is 0.250 e. The fourth-order valence-electron chi connectivity index (χ4n) is 3.50. The molecule has 2 aromatic rings. The Bertz CT molecular complexity index is 858. The van der Waals surface area contributed by atoms with Crippen molar-refractivity contribution in [3.8, 4) is 0 Å². The second-order valence-corrected chi connectivity index (χ2v) is 7.57. The Morgan fingerprint density at radius 2 is 1.93 bits per heavy atom. The van der Waals surface area contributed by atoms with Gasteiger partial charge in [-0.2, -0.15) is 0 Å². The Hall–Kier alpha value is -2.47. The molecule has 1 N–H and O–H groups in total. The van der Waals surface area contributed by atoms with E-state index in [-0.39, 0.29) is 5.56 Å². The number of guanidine groups is 1. The van der Waals surface area contributed by atoms with E-state index >= 15 is 0 Å². The molecule has 3 rings (SSSR count). The summed E-state index contributed by atoms with van der Waals surface area (Å²) in [6.45, 7) is 8.20. The maximum Gasteiger partial charge on any atom is 0.250 e. The number of aliphatic imine (C=N–C) groups is 1. The number of piperazine rings is 1. The van der Waals surface area contributed by atoms with Gasteiger partial charge in [-0.15, -0.1) is 0 Å². The zero-order chi connectivity index (χ0) is 20.5. The summed E-state index contributed by atoms with van der Waals surface area (Å²) >= 11 is 6.13. The summed E-state index contributed by atoms with van der Waals surface area (Å²) in [5.41, 5.74) is 1.23. The molecule has 0 radical (unpaired) electrons. The predicted molar refractivity (Wildman–Crippen MR) is 121 cm³/mol. The number of benzene rings is 1. The molecule has 0 aliphatic carbocycles. The van der Waals surface area contributed by atoms with Crippen molar-refractivity contribution >= 4 is 23.2 Å². The van der Waals surface area contributed by atoms with Gasteiger partial charge in [-0.25, -0.2) is 0 Å². The van der Waals surface area contributed by atoms with E-state index in [4.69, 9.17) is 16.6 Å². The number of nitrogens with one attached hydrogen (secondary N) is 1. The van der Waals surface area contributed by atoms with E-state index in [0.29, 0.717) is 0 Å². The molecule has 0 atom stereocenters. The van der Waals surface area contributed by atoms with Crippen molar-refractivity contribution < 1.29 is 0 Å². The fourth-order valence-corrected chi connectivity index (χ4v) is 3.68. The van der Waals surface area contributed by atoms with Crippen LogP contribution in [0.3, 0.4) is 0 Å². The zero-order valence-electron chi connectivity index (χ0n) is 17.1. The van der Waals surface area contributed by atoms with Gasteiger partial charge in [0.05, 0.1) is 0 Å². The molecular weight excluding hydrogens is 386 g/mol. The summed E-state index contributed by atoms with van der Waals surface area (Å²) in [5.74, 6) is 0.982.